The van der Waals surface area contributed by atoms with E-state index in [2.05, 4.69) is 5.32 Å². The fraction of sp³-hybridized carbons (Fsp3) is 0.571. The van der Waals surface area contributed by atoms with Gasteiger partial charge in [-0.2, -0.15) is 0 Å². The topological polar surface area (TPSA) is 12.0 Å². The lowest BCUT2D eigenvalue weighted by Crippen LogP contribution is -2.21. The normalized spacial score (nSPS) is 18.2. The molecule has 100 valence electrons. The molecule has 18 heavy (non-hydrogen) atoms. The van der Waals surface area contributed by atoms with Crippen molar-refractivity contribution in [1.82, 2.24) is 0 Å². The van der Waals surface area contributed by atoms with Gasteiger partial charge in [-0.25, -0.2) is 13.2 Å². The van der Waals surface area contributed by atoms with Crippen LogP contribution in [0.25, 0.3) is 0 Å². The first-order valence-electron chi connectivity index (χ1n) is 6.58. The molecule has 0 bridgehead atoms. The predicted molar refractivity (Wildman–Crippen MR) is 66.0 cm³/mol. The van der Waals surface area contributed by atoms with Gasteiger partial charge in [0, 0.05) is 6.04 Å². The van der Waals surface area contributed by atoms with Gasteiger partial charge in [0.2, 0.25) is 0 Å². The number of halogens is 3. The van der Waals surface area contributed by atoms with Gasteiger partial charge in [0.25, 0.3) is 0 Å². The Morgan fingerprint density at radius 2 is 1.44 bits per heavy atom. The number of anilines is 1. The van der Waals surface area contributed by atoms with Gasteiger partial charge in [-0.3, -0.25) is 0 Å². The molecule has 0 aliphatic heterocycles. The summed E-state index contributed by atoms with van der Waals surface area (Å²) < 4.78 is 39.4. The SMILES string of the molecule is Fc1ccc(NC2CCCCCCC2)c(F)c1F. The highest BCUT2D eigenvalue weighted by atomic mass is 19.2. The number of benzene rings is 1. The Kier molecular flexibility index (Phi) is 4.50. The highest BCUT2D eigenvalue weighted by Gasteiger charge is 2.17. The van der Waals surface area contributed by atoms with Gasteiger partial charge < -0.3 is 5.32 Å². The molecule has 0 radical (unpaired) electrons. The first kappa shape index (κ1) is 13.2. The maximum atomic E-state index is 13.5. The Balaban J connectivity index is 2.05. The molecule has 1 nitrogen and oxygen atoms in total. The molecule has 0 aromatic heterocycles. The molecule has 0 atom stereocenters. The minimum absolute atomic E-state index is 0.0690. The van der Waals surface area contributed by atoms with Gasteiger partial charge in [-0.1, -0.05) is 32.1 Å². The second-order valence-electron chi connectivity index (χ2n) is 4.91. The standard InChI is InChI=1S/C14H18F3N/c15-11-8-9-12(14(17)13(11)16)18-10-6-4-2-1-3-5-7-10/h8-10,18H,1-7H2. The maximum Gasteiger partial charge on any atom is 0.196 e. The largest absolute Gasteiger partial charge is 0.380 e. The van der Waals surface area contributed by atoms with Gasteiger partial charge in [0.1, 0.15) is 0 Å². The Morgan fingerprint density at radius 3 is 2.11 bits per heavy atom. The summed E-state index contributed by atoms with van der Waals surface area (Å²) in [5, 5.41) is 3.00. The zero-order valence-electron chi connectivity index (χ0n) is 10.3. The molecule has 0 amide bonds. The van der Waals surface area contributed by atoms with Crippen LogP contribution in [0.4, 0.5) is 18.9 Å². The van der Waals surface area contributed by atoms with Crippen molar-refractivity contribution in [3.63, 3.8) is 0 Å². The lowest BCUT2D eigenvalue weighted by molar-refractivity contribution is 0.443. The number of hydrogen-bond donors (Lipinski definition) is 1. The van der Waals surface area contributed by atoms with Gasteiger partial charge in [0.05, 0.1) is 5.69 Å². The fourth-order valence-corrected chi connectivity index (χ4v) is 2.46. The Morgan fingerprint density at radius 1 is 0.833 bits per heavy atom. The Bertz CT molecular complexity index is 398. The molecule has 1 aliphatic carbocycles. The molecule has 2 rings (SSSR count). The summed E-state index contributed by atoms with van der Waals surface area (Å²) >= 11 is 0. The minimum Gasteiger partial charge on any atom is -0.380 e. The van der Waals surface area contributed by atoms with E-state index in [1.807, 2.05) is 0 Å². The van der Waals surface area contributed by atoms with Crippen molar-refractivity contribution in [1.29, 1.82) is 0 Å². The second-order valence-corrected chi connectivity index (χ2v) is 4.91. The summed E-state index contributed by atoms with van der Waals surface area (Å²) in [6.45, 7) is 0. The fourth-order valence-electron chi connectivity index (χ4n) is 2.46. The summed E-state index contributed by atoms with van der Waals surface area (Å²) in [6.07, 6.45) is 7.76. The van der Waals surface area contributed by atoms with Gasteiger partial charge in [-0.15, -0.1) is 0 Å². The summed E-state index contributed by atoms with van der Waals surface area (Å²) in [4.78, 5) is 0. The summed E-state index contributed by atoms with van der Waals surface area (Å²) in [5.74, 6) is -3.65. The minimum atomic E-state index is -1.40. The highest BCUT2D eigenvalue weighted by Crippen LogP contribution is 2.24. The number of nitrogens with one attached hydrogen (secondary N) is 1. The third kappa shape index (κ3) is 3.18. The molecular weight excluding hydrogens is 239 g/mol. The smallest absolute Gasteiger partial charge is 0.196 e. The summed E-state index contributed by atoms with van der Waals surface area (Å²) in [5.41, 5.74) is 0.0690. The van der Waals surface area contributed by atoms with Crippen molar-refractivity contribution in [3.8, 4) is 0 Å². The van der Waals surface area contributed by atoms with Crippen LogP contribution >= 0.6 is 0 Å². The second kappa shape index (κ2) is 6.12. The van der Waals surface area contributed by atoms with Crippen molar-refractivity contribution in [2.45, 2.75) is 51.0 Å². The van der Waals surface area contributed by atoms with Gasteiger partial charge in [-0.05, 0) is 25.0 Å². The van der Waals surface area contributed by atoms with Gasteiger partial charge in [0.15, 0.2) is 17.5 Å². The molecule has 1 fully saturated rings. The predicted octanol–water partition coefficient (Wildman–Crippen LogP) is 4.63. The van der Waals surface area contributed by atoms with E-state index in [-0.39, 0.29) is 11.7 Å². The first-order chi connectivity index (χ1) is 8.68. The van der Waals surface area contributed by atoms with Crippen LogP contribution in [0.5, 0.6) is 0 Å². The van der Waals surface area contributed by atoms with E-state index >= 15 is 0 Å². The number of hydrogen-bond acceptors (Lipinski definition) is 1. The zero-order chi connectivity index (χ0) is 13.0. The molecule has 4 heteroatoms. The molecule has 1 N–H and O–H groups in total. The monoisotopic (exact) mass is 257 g/mol. The average molecular weight is 257 g/mol. The van der Waals surface area contributed by atoms with E-state index in [9.17, 15) is 13.2 Å². The summed E-state index contributed by atoms with van der Waals surface area (Å²) in [7, 11) is 0. The van der Waals surface area contributed by atoms with Crippen LogP contribution in [-0.2, 0) is 0 Å². The van der Waals surface area contributed by atoms with Crippen LogP contribution in [0.1, 0.15) is 44.9 Å². The maximum absolute atomic E-state index is 13.5. The molecular formula is C14H18F3N. The van der Waals surface area contributed by atoms with E-state index in [0.29, 0.717) is 0 Å². The van der Waals surface area contributed by atoms with E-state index in [4.69, 9.17) is 0 Å². The van der Waals surface area contributed by atoms with Crippen molar-refractivity contribution in [2.24, 2.45) is 0 Å². The lowest BCUT2D eigenvalue weighted by atomic mass is 9.96. The molecule has 1 aromatic rings. The summed E-state index contributed by atoms with van der Waals surface area (Å²) in [6, 6.07) is 2.39. The van der Waals surface area contributed by atoms with Crippen LogP contribution in [-0.4, -0.2) is 6.04 Å². The van der Waals surface area contributed by atoms with Crippen LogP contribution in [0.15, 0.2) is 12.1 Å². The van der Waals surface area contributed by atoms with E-state index in [1.54, 1.807) is 0 Å². The molecule has 0 unspecified atom stereocenters. The molecule has 0 spiro atoms. The van der Waals surface area contributed by atoms with Crippen molar-refractivity contribution in [3.05, 3.63) is 29.6 Å². The zero-order valence-corrected chi connectivity index (χ0v) is 10.3. The Hall–Kier alpha value is -1.19. The molecule has 0 heterocycles. The van der Waals surface area contributed by atoms with E-state index in [1.165, 1.54) is 25.3 Å². The molecule has 0 saturated heterocycles. The van der Waals surface area contributed by atoms with E-state index < -0.39 is 17.5 Å². The van der Waals surface area contributed by atoms with Crippen LogP contribution in [0, 0.1) is 17.5 Å². The van der Waals surface area contributed by atoms with Crippen molar-refractivity contribution < 1.29 is 13.2 Å². The first-order valence-corrected chi connectivity index (χ1v) is 6.58. The van der Waals surface area contributed by atoms with Crippen LogP contribution < -0.4 is 5.32 Å². The van der Waals surface area contributed by atoms with Gasteiger partial charge >= 0.3 is 0 Å². The Labute approximate surface area is 105 Å². The lowest BCUT2D eigenvalue weighted by Gasteiger charge is -2.22. The quantitative estimate of drug-likeness (QED) is 0.762. The molecule has 1 aliphatic rings. The molecule has 1 aromatic carbocycles. The number of rotatable bonds is 2. The van der Waals surface area contributed by atoms with Crippen LogP contribution in [0.3, 0.4) is 0 Å². The average Bonchev–Trinajstić information content (AvgIpc) is 2.32. The highest BCUT2D eigenvalue weighted by molar-refractivity contribution is 5.46. The van der Waals surface area contributed by atoms with Crippen molar-refractivity contribution in [2.75, 3.05) is 5.32 Å². The van der Waals surface area contributed by atoms with Crippen LogP contribution in [0.2, 0.25) is 0 Å². The third-order valence-corrected chi connectivity index (χ3v) is 3.50. The third-order valence-electron chi connectivity index (χ3n) is 3.50. The molecule has 1 saturated carbocycles. The van der Waals surface area contributed by atoms with E-state index in [0.717, 1.165) is 31.7 Å². The van der Waals surface area contributed by atoms with Crippen molar-refractivity contribution >= 4 is 5.69 Å².